The third-order valence-electron chi connectivity index (χ3n) is 2.42. The maximum atomic E-state index is 9.76. The molecule has 0 fully saturated rings. The molecule has 1 N–H and O–H groups in total. The van der Waals surface area contributed by atoms with E-state index in [-0.39, 0.29) is 0 Å². The summed E-state index contributed by atoms with van der Waals surface area (Å²) < 4.78 is 5.69. The maximum absolute atomic E-state index is 9.76. The number of rotatable bonds is 6. The number of aryl methyl sites for hydroxylation is 2. The number of hydrogen-bond donors (Lipinski definition) is 1. The van der Waals surface area contributed by atoms with Crippen molar-refractivity contribution in [3.05, 3.63) is 29.3 Å². The molecule has 1 atom stereocenters. The molecule has 0 amide bonds. The van der Waals surface area contributed by atoms with Gasteiger partial charge in [0, 0.05) is 6.16 Å². The third kappa shape index (κ3) is 3.77. The molecule has 0 aromatic heterocycles. The fourth-order valence-electron chi connectivity index (χ4n) is 1.65. The van der Waals surface area contributed by atoms with Gasteiger partial charge in [-0.25, -0.2) is 0 Å². The molecule has 0 radical (unpaired) electrons. The summed E-state index contributed by atoms with van der Waals surface area (Å²) in [5, 5.41) is 0. The van der Waals surface area contributed by atoms with Crippen LogP contribution in [0.25, 0.3) is 0 Å². The van der Waals surface area contributed by atoms with Crippen molar-refractivity contribution < 1.29 is 9.42 Å². The summed E-state index contributed by atoms with van der Waals surface area (Å²) in [4.78, 5) is 9.76. The van der Waals surface area contributed by atoms with Crippen molar-refractivity contribution in [1.82, 2.24) is 0 Å². The molecule has 0 spiro atoms. The molecule has 16 heavy (non-hydrogen) atoms. The number of para-hydroxylation sites is 1. The minimum absolute atomic E-state index is 0.745. The summed E-state index contributed by atoms with van der Waals surface area (Å²) in [6.07, 6.45) is 3.80. The van der Waals surface area contributed by atoms with E-state index in [1.54, 1.807) is 0 Å². The van der Waals surface area contributed by atoms with Crippen molar-refractivity contribution in [1.29, 1.82) is 0 Å². The van der Waals surface area contributed by atoms with Gasteiger partial charge < -0.3 is 9.42 Å². The van der Waals surface area contributed by atoms with E-state index >= 15 is 0 Å². The van der Waals surface area contributed by atoms with Gasteiger partial charge in [0.2, 0.25) is 8.38 Å². The largest absolute Gasteiger partial charge is 0.447 e. The van der Waals surface area contributed by atoms with Crippen molar-refractivity contribution in [2.24, 2.45) is 0 Å². The summed E-state index contributed by atoms with van der Waals surface area (Å²) in [7, 11) is -1.30. The van der Waals surface area contributed by atoms with Gasteiger partial charge in [-0.3, -0.25) is 0 Å². The summed E-state index contributed by atoms with van der Waals surface area (Å²) in [6, 6.07) is 6.16. The van der Waals surface area contributed by atoms with Gasteiger partial charge in [-0.05, 0) is 30.9 Å². The second-order valence-electron chi connectivity index (χ2n) is 3.98. The normalized spacial score (nSPS) is 12.5. The van der Waals surface area contributed by atoms with Crippen molar-refractivity contribution in [3.8, 4) is 5.75 Å². The highest BCUT2D eigenvalue weighted by molar-refractivity contribution is 7.46. The van der Waals surface area contributed by atoms with Crippen LogP contribution < -0.4 is 4.52 Å². The molecule has 0 heterocycles. The molecule has 2 nitrogen and oxygen atoms in total. The average molecular weight is 240 g/mol. The van der Waals surface area contributed by atoms with Gasteiger partial charge in [-0.2, -0.15) is 0 Å². The Bertz CT molecular complexity index is 326. The monoisotopic (exact) mass is 240 g/mol. The lowest BCUT2D eigenvalue weighted by molar-refractivity contribution is 0.479. The highest BCUT2D eigenvalue weighted by Gasteiger charge is 2.11. The lowest BCUT2D eigenvalue weighted by Gasteiger charge is -2.16. The predicted molar refractivity (Wildman–Crippen MR) is 70.1 cm³/mol. The van der Waals surface area contributed by atoms with Gasteiger partial charge in [-0.15, -0.1) is 0 Å². The molecule has 0 aliphatic heterocycles. The average Bonchev–Trinajstić information content (AvgIpc) is 2.24. The third-order valence-corrected chi connectivity index (χ3v) is 3.65. The molecule has 0 aliphatic rings. The number of hydrogen-bond acceptors (Lipinski definition) is 2. The molecule has 0 aliphatic carbocycles. The fraction of sp³-hybridized carbons (Fsp3) is 0.538. The molecule has 0 saturated carbocycles. The Morgan fingerprint density at radius 2 is 2.00 bits per heavy atom. The molecular formula is C13H21O2P. The predicted octanol–water partition coefficient (Wildman–Crippen LogP) is 4.04. The highest BCUT2D eigenvalue weighted by Crippen LogP contribution is 2.38. The van der Waals surface area contributed by atoms with Crippen LogP contribution in [-0.4, -0.2) is 11.1 Å². The SMILES string of the molecule is CCCc1cccc(C)c1OP(O)CCC. The molecule has 1 aromatic rings. The molecule has 0 bridgehead atoms. The van der Waals surface area contributed by atoms with E-state index in [1.807, 2.05) is 19.1 Å². The standard InChI is InChI=1S/C13H21O2P/c1-4-7-12-9-6-8-11(3)13(12)15-16(14)10-5-2/h6,8-9,14H,4-5,7,10H2,1-3H3. The molecular weight excluding hydrogens is 219 g/mol. The molecule has 1 aromatic carbocycles. The highest BCUT2D eigenvalue weighted by atomic mass is 31.2. The van der Waals surface area contributed by atoms with Crippen LogP contribution in [0.4, 0.5) is 0 Å². The van der Waals surface area contributed by atoms with Crippen molar-refractivity contribution >= 4 is 8.38 Å². The first kappa shape index (κ1) is 13.5. The summed E-state index contributed by atoms with van der Waals surface area (Å²) in [6.45, 7) is 6.24. The maximum Gasteiger partial charge on any atom is 0.227 e. The van der Waals surface area contributed by atoms with Gasteiger partial charge in [0.15, 0.2) is 0 Å². The van der Waals surface area contributed by atoms with Crippen LogP contribution in [0.3, 0.4) is 0 Å². The Hall–Kier alpha value is -0.590. The van der Waals surface area contributed by atoms with Gasteiger partial charge >= 0.3 is 0 Å². The Kier molecular flexibility index (Phi) is 5.79. The van der Waals surface area contributed by atoms with Crippen LogP contribution in [0.1, 0.15) is 37.8 Å². The molecule has 1 rings (SSSR count). The van der Waals surface area contributed by atoms with Crippen molar-refractivity contribution in [2.75, 3.05) is 6.16 Å². The van der Waals surface area contributed by atoms with E-state index < -0.39 is 8.38 Å². The van der Waals surface area contributed by atoms with Crippen LogP contribution in [0, 0.1) is 6.92 Å². The smallest absolute Gasteiger partial charge is 0.227 e. The van der Waals surface area contributed by atoms with Crippen molar-refractivity contribution in [3.63, 3.8) is 0 Å². The zero-order chi connectivity index (χ0) is 12.0. The van der Waals surface area contributed by atoms with Gasteiger partial charge in [0.05, 0.1) is 0 Å². The first-order valence-corrected chi connectivity index (χ1v) is 7.31. The van der Waals surface area contributed by atoms with Crippen LogP contribution in [-0.2, 0) is 6.42 Å². The van der Waals surface area contributed by atoms with E-state index in [2.05, 4.69) is 19.9 Å². The van der Waals surface area contributed by atoms with E-state index in [0.717, 1.165) is 36.7 Å². The minimum atomic E-state index is -1.30. The second-order valence-corrected chi connectivity index (χ2v) is 5.31. The Balaban J connectivity index is 2.83. The van der Waals surface area contributed by atoms with Crippen molar-refractivity contribution in [2.45, 2.75) is 40.0 Å². The quantitative estimate of drug-likeness (QED) is 0.760. The fourth-order valence-corrected chi connectivity index (χ4v) is 2.60. The van der Waals surface area contributed by atoms with Gasteiger partial charge in [0.25, 0.3) is 0 Å². The summed E-state index contributed by atoms with van der Waals surface area (Å²) in [5.41, 5.74) is 2.32. The van der Waals surface area contributed by atoms with E-state index in [9.17, 15) is 4.89 Å². The molecule has 1 unspecified atom stereocenters. The topological polar surface area (TPSA) is 29.5 Å². The molecule has 0 saturated heterocycles. The first-order valence-electron chi connectivity index (χ1n) is 5.91. The summed E-state index contributed by atoms with van der Waals surface area (Å²) in [5.74, 6) is 0.895. The zero-order valence-corrected chi connectivity index (χ0v) is 11.3. The van der Waals surface area contributed by atoms with Gasteiger partial charge in [0.1, 0.15) is 5.75 Å². The van der Waals surface area contributed by atoms with Crippen LogP contribution >= 0.6 is 8.38 Å². The Labute approximate surface area is 99.6 Å². The molecule has 3 heteroatoms. The van der Waals surface area contributed by atoms with E-state index in [4.69, 9.17) is 4.52 Å². The van der Waals surface area contributed by atoms with Crippen LogP contribution in [0.15, 0.2) is 18.2 Å². The minimum Gasteiger partial charge on any atom is -0.447 e. The van der Waals surface area contributed by atoms with Crippen LogP contribution in [0.5, 0.6) is 5.75 Å². The molecule has 90 valence electrons. The van der Waals surface area contributed by atoms with Crippen LogP contribution in [0.2, 0.25) is 0 Å². The van der Waals surface area contributed by atoms with E-state index in [0.29, 0.717) is 0 Å². The Morgan fingerprint density at radius 3 is 2.62 bits per heavy atom. The summed E-state index contributed by atoms with van der Waals surface area (Å²) >= 11 is 0. The lowest BCUT2D eigenvalue weighted by Crippen LogP contribution is -1.97. The van der Waals surface area contributed by atoms with E-state index in [1.165, 1.54) is 5.56 Å². The number of benzene rings is 1. The first-order chi connectivity index (χ1) is 7.69. The Morgan fingerprint density at radius 1 is 1.25 bits per heavy atom. The lowest BCUT2D eigenvalue weighted by atomic mass is 10.1. The second kappa shape index (κ2) is 6.88. The zero-order valence-electron chi connectivity index (χ0n) is 10.4. The van der Waals surface area contributed by atoms with Gasteiger partial charge in [-0.1, -0.05) is 38.5 Å².